The first-order valence-corrected chi connectivity index (χ1v) is 10.9. The summed E-state index contributed by atoms with van der Waals surface area (Å²) >= 11 is 0. The molecule has 7 nitrogen and oxygen atoms in total. The Balaban J connectivity index is 1.70. The number of ether oxygens (including phenoxy) is 1. The van der Waals surface area contributed by atoms with Gasteiger partial charge in [-0.05, 0) is 31.2 Å². The average molecular weight is 495 g/mol. The topological polar surface area (TPSA) is 90.3 Å². The molecule has 1 amide bonds. The zero-order chi connectivity index (χ0) is 25.9. The second-order valence-corrected chi connectivity index (χ2v) is 7.78. The molecule has 0 saturated carbocycles. The minimum absolute atomic E-state index is 0.116. The zero-order valence-electron chi connectivity index (χ0n) is 19.0. The van der Waals surface area contributed by atoms with Crippen molar-refractivity contribution in [2.24, 2.45) is 0 Å². The Morgan fingerprint density at radius 1 is 0.972 bits per heavy atom. The van der Waals surface area contributed by atoms with Gasteiger partial charge in [-0.1, -0.05) is 54.6 Å². The Kier molecular flexibility index (Phi) is 6.86. The number of carbonyl (C=O) groups excluding carboxylic acids is 2. The third-order valence-electron chi connectivity index (χ3n) is 5.38. The largest absolute Gasteiger partial charge is 0.442 e. The summed E-state index contributed by atoms with van der Waals surface area (Å²) in [4.78, 5) is 39.0. The maximum atomic E-state index is 13.2. The summed E-state index contributed by atoms with van der Waals surface area (Å²) < 4.78 is 45.9. The number of amides is 1. The third-order valence-corrected chi connectivity index (χ3v) is 5.38. The lowest BCUT2D eigenvalue weighted by Crippen LogP contribution is -2.29. The fraction of sp³-hybridized carbons (Fsp3) is 0.154. The van der Waals surface area contributed by atoms with Gasteiger partial charge in [-0.3, -0.25) is 9.59 Å². The Morgan fingerprint density at radius 3 is 2.31 bits per heavy atom. The predicted octanol–water partition coefficient (Wildman–Crippen LogP) is 4.97. The Morgan fingerprint density at radius 2 is 1.64 bits per heavy atom. The van der Waals surface area contributed by atoms with Crippen molar-refractivity contribution in [2.45, 2.75) is 25.7 Å². The monoisotopic (exact) mass is 495 g/mol. The molecule has 3 aromatic carbocycles. The van der Waals surface area contributed by atoms with Crippen LogP contribution in [0.25, 0.3) is 10.8 Å². The number of benzene rings is 3. The number of anilines is 1. The maximum Gasteiger partial charge on any atom is 0.416 e. The molecule has 36 heavy (non-hydrogen) atoms. The number of nitrogens with zero attached hydrogens (tertiary/aromatic N) is 2. The van der Waals surface area contributed by atoms with Crippen molar-refractivity contribution in [1.82, 2.24) is 9.78 Å². The second kappa shape index (κ2) is 10.0. The Bertz CT molecular complexity index is 1480. The number of aromatic nitrogens is 2. The number of fused-ring (bicyclic) bond motifs is 1. The lowest BCUT2D eigenvalue weighted by Gasteiger charge is -2.19. The van der Waals surface area contributed by atoms with E-state index in [1.54, 1.807) is 61.5 Å². The maximum absolute atomic E-state index is 13.2. The standard InChI is InChI=1S/C26H20F3N3O4/c1-2-32-24(34)20-14-7-6-13-19(20)21(31-32)25(35)36-22(16-9-4-3-5-10-16)23(33)30-18-12-8-11-17(15-18)26(27,28)29/h3-15,22H,2H2,1H3,(H,30,33). The molecule has 184 valence electrons. The summed E-state index contributed by atoms with van der Waals surface area (Å²) in [6.07, 6.45) is -6.10. The van der Waals surface area contributed by atoms with Crippen LogP contribution in [0.3, 0.4) is 0 Å². The lowest BCUT2D eigenvalue weighted by atomic mass is 10.1. The fourth-order valence-electron chi connectivity index (χ4n) is 3.64. The lowest BCUT2D eigenvalue weighted by molar-refractivity contribution is -0.137. The molecular weight excluding hydrogens is 475 g/mol. The van der Waals surface area contributed by atoms with Crippen LogP contribution in [0.4, 0.5) is 18.9 Å². The van der Waals surface area contributed by atoms with Crippen LogP contribution in [0.15, 0.2) is 83.7 Å². The third kappa shape index (κ3) is 5.12. The number of halogens is 3. The SMILES string of the molecule is CCn1nc(C(=O)OC(C(=O)Nc2cccc(C(F)(F)F)c2)c2ccccc2)c2ccccc2c1=O. The van der Waals surface area contributed by atoms with Crippen LogP contribution in [0.1, 0.15) is 34.6 Å². The zero-order valence-corrected chi connectivity index (χ0v) is 19.0. The fourth-order valence-corrected chi connectivity index (χ4v) is 3.64. The van der Waals surface area contributed by atoms with Gasteiger partial charge in [0.15, 0.2) is 5.69 Å². The molecule has 0 fully saturated rings. The van der Waals surface area contributed by atoms with Crippen molar-refractivity contribution in [3.8, 4) is 0 Å². The van der Waals surface area contributed by atoms with E-state index in [9.17, 15) is 27.6 Å². The van der Waals surface area contributed by atoms with Crippen molar-refractivity contribution in [3.63, 3.8) is 0 Å². The summed E-state index contributed by atoms with van der Waals surface area (Å²) in [5.41, 5.74) is -1.31. The van der Waals surface area contributed by atoms with Crippen LogP contribution < -0.4 is 10.9 Å². The summed E-state index contributed by atoms with van der Waals surface area (Å²) in [6.45, 7) is 1.88. The molecule has 4 aromatic rings. The summed E-state index contributed by atoms with van der Waals surface area (Å²) in [5.74, 6) is -1.83. The van der Waals surface area contributed by atoms with Crippen LogP contribution >= 0.6 is 0 Å². The average Bonchev–Trinajstić information content (AvgIpc) is 2.87. The van der Waals surface area contributed by atoms with E-state index in [1.165, 1.54) is 6.07 Å². The normalized spacial score (nSPS) is 12.2. The van der Waals surface area contributed by atoms with Crippen LogP contribution in [0.5, 0.6) is 0 Å². The van der Waals surface area contributed by atoms with E-state index in [1.807, 2.05) is 0 Å². The summed E-state index contributed by atoms with van der Waals surface area (Å²) in [6, 6.07) is 18.5. The molecule has 0 radical (unpaired) electrons. The van der Waals surface area contributed by atoms with Crippen molar-refractivity contribution in [3.05, 3.63) is 106 Å². The van der Waals surface area contributed by atoms with Crippen LogP contribution in [0, 0.1) is 0 Å². The number of nitrogens with one attached hydrogen (secondary N) is 1. The van der Waals surface area contributed by atoms with Gasteiger partial charge in [0.2, 0.25) is 6.10 Å². The summed E-state index contributed by atoms with van der Waals surface area (Å²) in [5, 5.41) is 7.01. The van der Waals surface area contributed by atoms with Gasteiger partial charge in [0.25, 0.3) is 11.5 Å². The van der Waals surface area contributed by atoms with E-state index >= 15 is 0 Å². The Hall–Kier alpha value is -4.47. The first-order valence-electron chi connectivity index (χ1n) is 10.9. The second-order valence-electron chi connectivity index (χ2n) is 7.78. The first kappa shape index (κ1) is 24.6. The summed E-state index contributed by atoms with van der Waals surface area (Å²) in [7, 11) is 0. The van der Waals surface area contributed by atoms with Crippen LogP contribution in [-0.2, 0) is 22.3 Å². The van der Waals surface area contributed by atoms with Gasteiger partial charge in [-0.2, -0.15) is 18.3 Å². The molecule has 0 spiro atoms. The van der Waals surface area contributed by atoms with Gasteiger partial charge in [0.1, 0.15) is 0 Å². The first-order chi connectivity index (χ1) is 17.2. The van der Waals surface area contributed by atoms with Crippen molar-refractivity contribution in [1.29, 1.82) is 0 Å². The molecule has 1 heterocycles. The van der Waals surface area contributed by atoms with Gasteiger partial charge >= 0.3 is 12.1 Å². The molecule has 0 aliphatic carbocycles. The molecule has 0 aliphatic heterocycles. The molecule has 1 N–H and O–H groups in total. The number of hydrogen-bond acceptors (Lipinski definition) is 5. The molecule has 4 rings (SSSR count). The highest BCUT2D eigenvalue weighted by atomic mass is 19.4. The van der Waals surface area contributed by atoms with Crippen molar-refractivity contribution < 1.29 is 27.5 Å². The molecule has 1 atom stereocenters. The predicted molar refractivity (Wildman–Crippen MR) is 126 cm³/mol. The molecule has 1 unspecified atom stereocenters. The van der Waals surface area contributed by atoms with E-state index in [0.717, 1.165) is 22.9 Å². The van der Waals surface area contributed by atoms with Crippen molar-refractivity contribution in [2.75, 3.05) is 5.32 Å². The minimum atomic E-state index is -4.60. The van der Waals surface area contributed by atoms with E-state index in [0.29, 0.717) is 5.56 Å². The van der Waals surface area contributed by atoms with E-state index in [2.05, 4.69) is 10.4 Å². The molecular formula is C26H20F3N3O4. The molecule has 1 aromatic heterocycles. The van der Waals surface area contributed by atoms with Gasteiger partial charge in [-0.15, -0.1) is 0 Å². The highest BCUT2D eigenvalue weighted by molar-refractivity contribution is 6.04. The molecule has 0 bridgehead atoms. The van der Waals surface area contributed by atoms with E-state index in [-0.39, 0.29) is 34.3 Å². The number of carbonyl (C=O) groups is 2. The smallest absolute Gasteiger partial charge is 0.416 e. The number of hydrogen-bond donors (Lipinski definition) is 1. The highest BCUT2D eigenvalue weighted by Crippen LogP contribution is 2.31. The van der Waals surface area contributed by atoms with Gasteiger partial charge < -0.3 is 10.1 Å². The van der Waals surface area contributed by atoms with E-state index < -0.39 is 29.7 Å². The quantitative estimate of drug-likeness (QED) is 0.382. The number of aryl methyl sites for hydroxylation is 1. The highest BCUT2D eigenvalue weighted by Gasteiger charge is 2.32. The minimum Gasteiger partial charge on any atom is -0.442 e. The van der Waals surface area contributed by atoms with Crippen molar-refractivity contribution >= 4 is 28.3 Å². The Labute approximate surface area is 203 Å². The van der Waals surface area contributed by atoms with Gasteiger partial charge in [0, 0.05) is 23.2 Å². The number of esters is 1. The van der Waals surface area contributed by atoms with Gasteiger partial charge in [-0.25, -0.2) is 9.48 Å². The molecule has 10 heteroatoms. The van der Waals surface area contributed by atoms with Crippen LogP contribution in [0.2, 0.25) is 0 Å². The van der Waals surface area contributed by atoms with Gasteiger partial charge in [0.05, 0.1) is 10.9 Å². The van der Waals surface area contributed by atoms with Crippen LogP contribution in [-0.4, -0.2) is 21.7 Å². The number of rotatable bonds is 6. The number of alkyl halides is 3. The van der Waals surface area contributed by atoms with E-state index in [4.69, 9.17) is 4.74 Å². The molecule has 0 aliphatic rings. The molecule has 0 saturated heterocycles.